The second-order valence-corrected chi connectivity index (χ2v) is 37.7. The molecule has 38 heteroatoms. The molecule has 0 radical (unpaired) electrons. The van der Waals surface area contributed by atoms with Crippen molar-refractivity contribution >= 4 is 234 Å². The van der Waals surface area contributed by atoms with Crippen LogP contribution < -0.4 is 60.6 Å². The first-order chi connectivity index (χ1) is 63.8. The third kappa shape index (κ3) is 31.8. The number of unbranched alkanes of at least 4 members (excludes halogenated alkanes) is 1. The molecule has 12 aromatic rings. The van der Waals surface area contributed by atoms with Crippen molar-refractivity contribution in [2.75, 3.05) is 32.7 Å². The van der Waals surface area contributed by atoms with E-state index in [0.717, 1.165) is 60.5 Å². The highest BCUT2D eigenvalue weighted by Crippen LogP contribution is 2.34. The van der Waals surface area contributed by atoms with E-state index in [2.05, 4.69) is 41.9 Å². The van der Waals surface area contributed by atoms with Crippen LogP contribution in [0.25, 0.3) is 60.5 Å². The van der Waals surface area contributed by atoms with Gasteiger partial charge in [-0.2, -0.15) is 0 Å². The van der Waals surface area contributed by atoms with Crippen molar-refractivity contribution in [2.24, 2.45) is 56.4 Å². The summed E-state index contributed by atoms with van der Waals surface area (Å²) in [5.74, 6) is -11.5. The van der Waals surface area contributed by atoms with Gasteiger partial charge in [-0.1, -0.05) is 109 Å². The molecule has 19 N–H and O–H groups in total. The number of thiophene rings is 6. The number of hydrogen-bond acceptors (Lipinski definition) is 24. The summed E-state index contributed by atoms with van der Waals surface area (Å²) in [4.78, 5) is 213. The minimum Gasteiger partial charge on any atom is -0.481 e. The van der Waals surface area contributed by atoms with Crippen LogP contribution in [-0.2, 0) is 47.9 Å². The van der Waals surface area contributed by atoms with Crippen molar-refractivity contribution in [1.82, 2.24) is 31.9 Å². The molecule has 133 heavy (non-hydrogen) atoms. The summed E-state index contributed by atoms with van der Waals surface area (Å²) in [7, 11) is 0. The van der Waals surface area contributed by atoms with E-state index in [0.29, 0.717) is 74.5 Å². The summed E-state index contributed by atoms with van der Waals surface area (Å²) in [6.07, 6.45) is 0.298. The molecule has 696 valence electrons. The predicted octanol–water partition coefficient (Wildman–Crippen LogP) is 12.5. The Morgan fingerprint density at radius 3 is 0.910 bits per heavy atom. The molecule has 0 bridgehead atoms. The average Bonchev–Trinajstić information content (AvgIpc) is 1.70. The Labute approximate surface area is 787 Å². The number of hydrogen-bond donors (Lipinski definition) is 14. The first-order valence-corrected chi connectivity index (χ1v) is 47.6. The van der Waals surface area contributed by atoms with Gasteiger partial charge in [-0.15, -0.1) is 68.0 Å². The topological polar surface area (TPSA) is 561 Å². The number of rotatable bonds is 50. The van der Waals surface area contributed by atoms with E-state index < -0.39 is 108 Å². The van der Waals surface area contributed by atoms with Gasteiger partial charge in [0.25, 0.3) is 17.7 Å². The number of fused-ring (bicyclic) bond motifs is 6. The summed E-state index contributed by atoms with van der Waals surface area (Å²) in [6, 6.07) is 52.6. The quantitative estimate of drug-likeness (QED) is 0.00729. The van der Waals surface area contributed by atoms with Gasteiger partial charge in [0, 0.05) is 124 Å². The number of aliphatic imine (C=N–C) groups is 2. The van der Waals surface area contributed by atoms with E-state index in [1.165, 1.54) is 68.0 Å². The number of carboxylic acid groups (broad SMARTS) is 3. The summed E-state index contributed by atoms with van der Waals surface area (Å²) in [5.41, 5.74) is 27.0. The van der Waals surface area contributed by atoms with E-state index in [4.69, 9.17) is 44.0 Å². The van der Waals surface area contributed by atoms with E-state index in [-0.39, 0.29) is 137 Å². The highest BCUT2D eigenvalue weighted by molar-refractivity contribution is 7.22. The fourth-order valence-corrected chi connectivity index (χ4v) is 20.2. The molecule has 12 rings (SSSR count). The van der Waals surface area contributed by atoms with Crippen molar-refractivity contribution < 1.29 is 92.0 Å². The van der Waals surface area contributed by atoms with Crippen molar-refractivity contribution in [1.29, 1.82) is 0 Å². The van der Waals surface area contributed by atoms with Crippen LogP contribution >= 0.6 is 68.0 Å². The van der Waals surface area contributed by atoms with Crippen LogP contribution in [0.15, 0.2) is 192 Å². The molecule has 0 saturated carbocycles. The molecule has 6 aromatic carbocycles. The smallest absolute Gasteiger partial charge is 0.303 e. The zero-order valence-corrected chi connectivity index (χ0v) is 77.1. The number of carboxylic acids is 3. The molecular weight excluding hydrogens is 1820 g/mol. The maximum Gasteiger partial charge on any atom is 0.303 e. The maximum absolute atomic E-state index is 13.6. The Morgan fingerprint density at radius 1 is 0.301 bits per heavy atom. The number of Topliss-reactive ketones (excluding diaryl/α,β-unsaturated/α-hetero) is 6. The van der Waals surface area contributed by atoms with Gasteiger partial charge in [-0.25, -0.2) is 0 Å². The number of carbonyl (C=O) groups is 16. The molecular formula is C95H101N13O19S6. The Hall–Kier alpha value is -13.7. The summed E-state index contributed by atoms with van der Waals surface area (Å²) in [5, 5.41) is 49.0. The predicted molar refractivity (Wildman–Crippen MR) is 519 cm³/mol. The van der Waals surface area contributed by atoms with Crippen LogP contribution in [0.4, 0.5) is 0 Å². The van der Waals surface area contributed by atoms with Gasteiger partial charge in [0.15, 0.2) is 46.6 Å². The molecule has 0 aliphatic carbocycles. The van der Waals surface area contributed by atoms with Gasteiger partial charge in [0.05, 0.1) is 54.6 Å². The Kier molecular flexibility index (Phi) is 38.6. The number of nitrogens with two attached hydrogens (primary N) is 5. The molecule has 0 spiro atoms. The molecule has 0 aliphatic heterocycles. The SMILES string of the molecule is NC(=O)CCC(CC(=O)c1cc2ccccc2s1)C(=O)NC(CNC(=O)c1cc2ccccc2s1)C(=O)CCC(=O)O.NC(N)=NCCCC(CC(=O)c1cc2ccccc2s1)C(=O)NC(CNC(=O)c1cc2ccccc2s1)C(=O)CCC(=O)O.NC(N)=NCCCC(CC(=O)c1cc2ccccc2s1)C(=O)NCCCCC(NC(=O)c1cc2ccccc2s1)C(=O)CCC(=O)O. The number of carbonyl (C=O) groups excluding carboxylic acids is 13. The number of benzene rings is 6. The minimum atomic E-state index is -1.24. The molecule has 6 unspecified atom stereocenters. The van der Waals surface area contributed by atoms with E-state index in [9.17, 15) is 76.7 Å². The lowest BCUT2D eigenvalue weighted by Crippen LogP contribution is -2.50. The largest absolute Gasteiger partial charge is 0.481 e. The third-order valence-corrected chi connectivity index (χ3v) is 28.0. The number of nitrogens with zero attached hydrogens (tertiary/aromatic N) is 2. The Morgan fingerprint density at radius 2 is 0.594 bits per heavy atom. The van der Waals surface area contributed by atoms with Crippen LogP contribution in [0.3, 0.4) is 0 Å². The highest BCUT2D eigenvalue weighted by Gasteiger charge is 2.33. The first kappa shape index (κ1) is 101. The van der Waals surface area contributed by atoms with Gasteiger partial charge >= 0.3 is 17.9 Å². The zero-order valence-electron chi connectivity index (χ0n) is 72.2. The molecule has 6 atom stereocenters. The average molecular weight is 1920 g/mol. The Bertz CT molecular complexity index is 6120. The van der Waals surface area contributed by atoms with Crippen molar-refractivity contribution in [3.63, 3.8) is 0 Å². The number of primary amides is 1. The molecule has 6 heterocycles. The lowest BCUT2D eigenvalue weighted by atomic mass is 9.94. The number of amides is 7. The zero-order chi connectivity index (χ0) is 95.6. The summed E-state index contributed by atoms with van der Waals surface area (Å²) in [6.45, 7) is 0.357. The molecule has 32 nitrogen and oxygen atoms in total. The van der Waals surface area contributed by atoms with E-state index >= 15 is 0 Å². The van der Waals surface area contributed by atoms with Gasteiger partial charge in [0.2, 0.25) is 23.6 Å². The number of guanidine groups is 2. The van der Waals surface area contributed by atoms with Crippen LogP contribution in [0.1, 0.15) is 174 Å². The number of ketones is 6. The number of aliphatic carboxylic acids is 3. The second-order valence-electron chi connectivity index (χ2n) is 31.2. The minimum absolute atomic E-state index is 0.0258. The van der Waals surface area contributed by atoms with Crippen LogP contribution in [-0.4, -0.2) is 172 Å². The third-order valence-electron chi connectivity index (χ3n) is 21.2. The molecule has 6 aromatic heterocycles. The van der Waals surface area contributed by atoms with Crippen LogP contribution in [0.5, 0.6) is 0 Å². The van der Waals surface area contributed by atoms with Gasteiger partial charge in [0.1, 0.15) is 12.1 Å². The summed E-state index contributed by atoms with van der Waals surface area (Å²) < 4.78 is 5.64. The van der Waals surface area contributed by atoms with Crippen molar-refractivity contribution in [2.45, 2.75) is 134 Å². The normalized spacial score (nSPS) is 12.4. The van der Waals surface area contributed by atoms with Crippen LogP contribution in [0, 0.1) is 17.8 Å². The fraction of sp³-hybridized carbons (Fsp3) is 0.305. The summed E-state index contributed by atoms with van der Waals surface area (Å²) >= 11 is 7.92. The fourth-order valence-electron chi connectivity index (χ4n) is 14.2. The Balaban J connectivity index is 0.000000207. The molecule has 0 fully saturated rings. The van der Waals surface area contributed by atoms with Gasteiger partial charge < -0.3 is 75.9 Å². The monoisotopic (exact) mass is 1920 g/mol. The van der Waals surface area contributed by atoms with Crippen molar-refractivity contribution in [3.05, 3.63) is 211 Å². The standard InChI is InChI=1S/C34H39N5O6S2.C31H33N5O6S2.C30H29N3O7S2/c35-34(36)38-17-7-10-23(18-26(41)29-19-21-8-1-3-12-27(21)46-29)32(44)37-16-6-5-11-24(25(40)14-15-31(42)43)39-33(45)30-20-22-9-2-4-13-28(22)47-30;32-31(33)34-13-5-8-20(14-23(38)26-15-18-6-1-3-9-24(18)43-26)29(41)36-21(22(37)11-12-28(39)40)17-35-30(42)27-16-19-7-2-4-10-25(19)44-27;31-27(36)11-9-19(13-22(35)25-14-17-5-1-3-7-23(17)41-25)29(39)33-20(21(34)10-12-28(37)38)16-32-30(40)26-15-18-6-2-4-8-24(18)42-26/h1-4,8-9,12-13,19-20,23-24H,5-7,10-11,14-18H2,(H,37,44)(H,39,45)(H,42,43)(H4,35,36,38);1-4,6-7,9-10,15-16,20-21H,5,8,11-14,17H2,(H,35,42)(H,36,41)(H,39,40)(H4,32,33,34);1-8,14-15,19-20H,9-13,16H2,(H2,31,36)(H,32,40)(H,33,39)(H,37,38). The van der Waals surface area contributed by atoms with Gasteiger partial charge in [-0.3, -0.25) is 86.7 Å². The lowest BCUT2D eigenvalue weighted by Gasteiger charge is -2.22. The lowest BCUT2D eigenvalue weighted by molar-refractivity contribution is -0.139. The second kappa shape index (κ2) is 50.7. The molecule has 0 aliphatic rings. The maximum atomic E-state index is 13.6. The van der Waals surface area contributed by atoms with Crippen molar-refractivity contribution in [3.8, 4) is 0 Å². The van der Waals surface area contributed by atoms with Gasteiger partial charge in [-0.05, 0) is 156 Å². The van der Waals surface area contributed by atoms with E-state index in [1.54, 1.807) is 30.3 Å². The van der Waals surface area contributed by atoms with Crippen LogP contribution in [0.2, 0.25) is 0 Å². The highest BCUT2D eigenvalue weighted by atomic mass is 32.1. The van der Waals surface area contributed by atoms with E-state index in [1.807, 2.05) is 152 Å². The first-order valence-electron chi connectivity index (χ1n) is 42.7. The molecule has 0 saturated heterocycles. The molecule has 7 amide bonds. The number of nitrogens with one attached hydrogen (secondary N) is 6.